The lowest BCUT2D eigenvalue weighted by atomic mass is 9.92. The molecule has 0 N–H and O–H groups in total. The molecule has 1 heterocycles. The Balaban J connectivity index is 1.93. The van der Waals surface area contributed by atoms with Gasteiger partial charge < -0.3 is 0 Å². The molecule has 0 aromatic heterocycles. The van der Waals surface area contributed by atoms with E-state index in [0.29, 0.717) is 11.4 Å². The van der Waals surface area contributed by atoms with E-state index in [4.69, 9.17) is 0 Å². The number of aryl methyl sites for hydroxylation is 1. The number of fused-ring (bicyclic) bond motifs is 1. The first-order valence-corrected chi connectivity index (χ1v) is 15.6. The topological polar surface area (TPSA) is 37.4 Å². The second-order valence-electron chi connectivity index (χ2n) is 10.3. The van der Waals surface area contributed by atoms with Crippen LogP contribution in [0.5, 0.6) is 0 Å². The van der Waals surface area contributed by atoms with Crippen LogP contribution in [0.15, 0.2) is 101 Å². The van der Waals surface area contributed by atoms with Gasteiger partial charge in [0.05, 0.1) is 17.1 Å². The average Bonchev–Trinajstić information content (AvgIpc) is 3.11. The number of sulfonamides is 1. The molecule has 0 amide bonds. The smallest absolute Gasteiger partial charge is 0.261 e. The molecule has 4 rings (SSSR count). The van der Waals surface area contributed by atoms with Gasteiger partial charge in [-0.1, -0.05) is 111 Å². The van der Waals surface area contributed by atoms with Gasteiger partial charge in [-0.2, -0.15) is 0 Å². The SMILES string of the molecule is CCCCCC(CCCCC)=C1C=C(c2ccccc2)c2ccccc2N(S(=O)(=O)c2ccc(C)cc2)C1. The number of nitrogens with zero attached hydrogens (tertiary/aromatic N) is 1. The molecule has 0 saturated heterocycles. The van der Waals surface area contributed by atoms with E-state index < -0.39 is 10.0 Å². The van der Waals surface area contributed by atoms with Crippen LogP contribution >= 0.6 is 0 Å². The van der Waals surface area contributed by atoms with Crippen molar-refractivity contribution >= 4 is 21.3 Å². The molecule has 0 unspecified atom stereocenters. The molecule has 3 aromatic rings. The first kappa shape index (κ1) is 27.9. The molecule has 1 aliphatic heterocycles. The van der Waals surface area contributed by atoms with E-state index in [1.165, 1.54) is 31.3 Å². The fraction of sp³-hybridized carbons (Fsp3) is 0.353. The van der Waals surface area contributed by atoms with Crippen molar-refractivity contribution in [2.75, 3.05) is 10.8 Å². The normalized spacial score (nSPS) is 13.6. The molecule has 0 bridgehead atoms. The molecule has 0 radical (unpaired) electrons. The summed E-state index contributed by atoms with van der Waals surface area (Å²) >= 11 is 0. The Hall–Kier alpha value is -3.11. The molecule has 0 atom stereocenters. The molecular weight excluding hydrogens is 486 g/mol. The van der Waals surface area contributed by atoms with Crippen LogP contribution in [0.3, 0.4) is 0 Å². The zero-order valence-electron chi connectivity index (χ0n) is 23.1. The predicted molar refractivity (Wildman–Crippen MR) is 161 cm³/mol. The number of anilines is 1. The van der Waals surface area contributed by atoms with Gasteiger partial charge in [-0.25, -0.2) is 8.42 Å². The highest BCUT2D eigenvalue weighted by Crippen LogP contribution is 2.40. The quantitative estimate of drug-likeness (QED) is 0.233. The molecule has 3 nitrogen and oxygen atoms in total. The lowest BCUT2D eigenvalue weighted by Crippen LogP contribution is -2.33. The van der Waals surface area contributed by atoms with E-state index in [1.807, 2.05) is 43.3 Å². The van der Waals surface area contributed by atoms with E-state index in [-0.39, 0.29) is 0 Å². The van der Waals surface area contributed by atoms with Crippen LogP contribution in [0.2, 0.25) is 0 Å². The standard InChI is InChI=1S/C34H41NO2S/c1-4-6-9-15-28(16-10-7-5-2)30-25-33(29-17-11-8-12-18-29)32-19-13-14-20-34(32)35(26-30)38(36,37)31-23-21-27(3)22-24-31/h8,11-14,17-25H,4-7,9-10,15-16,26H2,1-3H3. The van der Waals surface area contributed by atoms with Gasteiger partial charge in [-0.3, -0.25) is 4.31 Å². The molecular formula is C34H41NO2S. The summed E-state index contributed by atoms with van der Waals surface area (Å²) in [7, 11) is -3.77. The number of rotatable bonds is 11. The van der Waals surface area contributed by atoms with E-state index >= 15 is 0 Å². The summed E-state index contributed by atoms with van der Waals surface area (Å²) in [5, 5.41) is 0. The summed E-state index contributed by atoms with van der Waals surface area (Å²) in [5.41, 5.74) is 7.46. The Morgan fingerprint density at radius 2 is 1.37 bits per heavy atom. The summed E-state index contributed by atoms with van der Waals surface area (Å²) in [6, 6.07) is 25.6. The van der Waals surface area contributed by atoms with Gasteiger partial charge in [0.25, 0.3) is 10.0 Å². The number of para-hydroxylation sites is 1. The number of hydrogen-bond donors (Lipinski definition) is 0. The average molecular weight is 528 g/mol. The molecule has 0 fully saturated rings. The molecule has 200 valence electrons. The number of unbranched alkanes of at least 4 members (excludes halogenated alkanes) is 4. The first-order valence-electron chi connectivity index (χ1n) is 14.1. The Bertz CT molecular complexity index is 1360. The summed E-state index contributed by atoms with van der Waals surface area (Å²) in [6.07, 6.45) is 11.3. The maximum atomic E-state index is 14.2. The number of allylic oxidation sites excluding steroid dienone is 1. The van der Waals surface area contributed by atoms with E-state index in [2.05, 4.69) is 50.3 Å². The van der Waals surface area contributed by atoms with Crippen molar-refractivity contribution in [2.24, 2.45) is 0 Å². The zero-order valence-corrected chi connectivity index (χ0v) is 23.9. The van der Waals surface area contributed by atoms with Crippen molar-refractivity contribution in [3.63, 3.8) is 0 Å². The van der Waals surface area contributed by atoms with Crippen LogP contribution < -0.4 is 4.31 Å². The lowest BCUT2D eigenvalue weighted by Gasteiger charge is -2.26. The second kappa shape index (κ2) is 13.1. The van der Waals surface area contributed by atoms with Gasteiger partial charge in [0.2, 0.25) is 0 Å². The van der Waals surface area contributed by atoms with E-state index in [1.54, 1.807) is 16.4 Å². The third-order valence-corrected chi connectivity index (χ3v) is 9.18. The van der Waals surface area contributed by atoms with Gasteiger partial charge in [0.1, 0.15) is 0 Å². The molecule has 4 heteroatoms. The molecule has 1 aliphatic rings. The largest absolute Gasteiger partial charge is 0.264 e. The summed E-state index contributed by atoms with van der Waals surface area (Å²) < 4.78 is 30.1. The van der Waals surface area contributed by atoms with Crippen LogP contribution in [0, 0.1) is 6.92 Å². The van der Waals surface area contributed by atoms with Gasteiger partial charge in [0, 0.05) is 5.56 Å². The highest BCUT2D eigenvalue weighted by Gasteiger charge is 2.31. The third-order valence-electron chi connectivity index (χ3n) is 7.41. The summed E-state index contributed by atoms with van der Waals surface area (Å²) in [5.74, 6) is 0. The minimum Gasteiger partial charge on any atom is -0.261 e. The van der Waals surface area contributed by atoms with Crippen molar-refractivity contribution in [1.82, 2.24) is 0 Å². The van der Waals surface area contributed by atoms with Crippen molar-refractivity contribution in [1.29, 1.82) is 0 Å². The lowest BCUT2D eigenvalue weighted by molar-refractivity contribution is 0.592. The summed E-state index contributed by atoms with van der Waals surface area (Å²) in [4.78, 5) is 0.332. The van der Waals surface area contributed by atoms with Crippen LogP contribution in [-0.2, 0) is 10.0 Å². The van der Waals surface area contributed by atoms with Gasteiger partial charge in [-0.15, -0.1) is 0 Å². The fourth-order valence-corrected chi connectivity index (χ4v) is 6.66. The Kier molecular flexibility index (Phi) is 9.63. The molecule has 0 aliphatic carbocycles. The van der Waals surface area contributed by atoms with Crippen molar-refractivity contribution in [3.05, 3.63) is 113 Å². The highest BCUT2D eigenvalue weighted by atomic mass is 32.2. The van der Waals surface area contributed by atoms with Crippen LogP contribution in [-0.4, -0.2) is 15.0 Å². The first-order chi connectivity index (χ1) is 18.5. The van der Waals surface area contributed by atoms with Gasteiger partial charge in [0.15, 0.2) is 0 Å². The minimum atomic E-state index is -3.77. The van der Waals surface area contributed by atoms with Crippen LogP contribution in [0.4, 0.5) is 5.69 Å². The van der Waals surface area contributed by atoms with Crippen molar-refractivity contribution < 1.29 is 8.42 Å². The van der Waals surface area contributed by atoms with Crippen LogP contribution in [0.25, 0.3) is 5.57 Å². The molecule has 0 saturated carbocycles. The molecule has 0 spiro atoms. The molecule has 38 heavy (non-hydrogen) atoms. The Morgan fingerprint density at radius 3 is 2.00 bits per heavy atom. The number of benzene rings is 3. The summed E-state index contributed by atoms with van der Waals surface area (Å²) in [6.45, 7) is 6.79. The maximum Gasteiger partial charge on any atom is 0.264 e. The monoisotopic (exact) mass is 527 g/mol. The predicted octanol–water partition coefficient (Wildman–Crippen LogP) is 9.09. The minimum absolute atomic E-state index is 0.332. The third kappa shape index (κ3) is 6.47. The Labute approximate surface area is 230 Å². The van der Waals surface area contributed by atoms with Crippen molar-refractivity contribution in [3.8, 4) is 0 Å². The van der Waals surface area contributed by atoms with Crippen molar-refractivity contribution in [2.45, 2.75) is 77.0 Å². The van der Waals surface area contributed by atoms with E-state index in [9.17, 15) is 8.42 Å². The van der Waals surface area contributed by atoms with Gasteiger partial charge in [-0.05, 0) is 73.6 Å². The molecule has 3 aromatic carbocycles. The highest BCUT2D eigenvalue weighted by molar-refractivity contribution is 7.92. The van der Waals surface area contributed by atoms with Crippen LogP contribution in [0.1, 0.15) is 81.9 Å². The van der Waals surface area contributed by atoms with E-state index in [0.717, 1.165) is 59.2 Å². The van der Waals surface area contributed by atoms with Gasteiger partial charge >= 0.3 is 0 Å². The zero-order chi connectivity index (χ0) is 27.0. The second-order valence-corrected chi connectivity index (χ2v) is 12.2. The maximum absolute atomic E-state index is 14.2. The Morgan fingerprint density at radius 1 is 0.763 bits per heavy atom. The number of hydrogen-bond acceptors (Lipinski definition) is 2. The fourth-order valence-electron chi connectivity index (χ4n) is 5.20.